The van der Waals surface area contributed by atoms with Crippen LogP contribution in [-0.4, -0.2) is 0 Å². The van der Waals surface area contributed by atoms with Crippen molar-refractivity contribution in [2.24, 2.45) is 0 Å². The van der Waals surface area contributed by atoms with Gasteiger partial charge in [0.1, 0.15) is 6.07 Å². The fourth-order valence-electron chi connectivity index (χ4n) is 2.30. The number of benzene rings is 2. The van der Waals surface area contributed by atoms with E-state index in [-0.39, 0.29) is 0 Å². The highest BCUT2D eigenvalue weighted by atomic mass is 35.5. The molecule has 0 saturated heterocycles. The van der Waals surface area contributed by atoms with Gasteiger partial charge in [-0.1, -0.05) is 35.9 Å². The third-order valence-electron chi connectivity index (χ3n) is 3.58. The first kappa shape index (κ1) is 13.0. The molecular weight excluding hydrogens is 268 g/mol. The van der Waals surface area contributed by atoms with Crippen molar-refractivity contribution in [3.8, 4) is 6.07 Å². The standard InChI is InChI=1S/C17H15ClN2/c18-17-7-6-16(9-15(17)10-19)20-11-12-2-1-3-14(8-12)13-4-5-13/h1-3,6-9,13,20H,4-5,11H2. The van der Waals surface area contributed by atoms with Crippen LogP contribution >= 0.6 is 11.6 Å². The minimum Gasteiger partial charge on any atom is -0.381 e. The predicted octanol–water partition coefficient (Wildman–Crippen LogP) is 4.70. The lowest BCUT2D eigenvalue weighted by molar-refractivity contribution is 1.08. The molecule has 3 heteroatoms. The van der Waals surface area contributed by atoms with Crippen LogP contribution in [0.4, 0.5) is 5.69 Å². The molecule has 0 unspecified atom stereocenters. The molecule has 1 saturated carbocycles. The normalized spacial score (nSPS) is 13.8. The Bertz CT molecular complexity index is 669. The van der Waals surface area contributed by atoms with E-state index in [0.29, 0.717) is 10.6 Å². The zero-order valence-corrected chi connectivity index (χ0v) is 11.8. The number of rotatable bonds is 4. The van der Waals surface area contributed by atoms with Crippen molar-refractivity contribution >= 4 is 17.3 Å². The molecule has 0 atom stereocenters. The van der Waals surface area contributed by atoms with Crippen molar-refractivity contribution in [1.82, 2.24) is 0 Å². The molecule has 0 heterocycles. The van der Waals surface area contributed by atoms with E-state index < -0.39 is 0 Å². The van der Waals surface area contributed by atoms with Crippen LogP contribution in [-0.2, 0) is 6.54 Å². The van der Waals surface area contributed by atoms with Crippen LogP contribution in [0.1, 0.15) is 35.4 Å². The second-order valence-corrected chi connectivity index (χ2v) is 5.59. The predicted molar refractivity (Wildman–Crippen MR) is 81.9 cm³/mol. The Hall–Kier alpha value is -1.98. The molecule has 1 aliphatic rings. The molecule has 0 amide bonds. The Kier molecular flexibility index (Phi) is 3.62. The Balaban J connectivity index is 1.70. The van der Waals surface area contributed by atoms with Gasteiger partial charge in [0.05, 0.1) is 10.6 Å². The maximum Gasteiger partial charge on any atom is 0.101 e. The third-order valence-corrected chi connectivity index (χ3v) is 3.91. The lowest BCUT2D eigenvalue weighted by Gasteiger charge is -2.09. The van der Waals surface area contributed by atoms with E-state index in [1.54, 1.807) is 12.1 Å². The summed E-state index contributed by atoms with van der Waals surface area (Å²) in [6, 6.07) is 16.2. The van der Waals surface area contributed by atoms with E-state index in [1.807, 2.05) is 6.07 Å². The summed E-state index contributed by atoms with van der Waals surface area (Å²) in [4.78, 5) is 0. The summed E-state index contributed by atoms with van der Waals surface area (Å²) >= 11 is 5.93. The number of halogens is 1. The largest absolute Gasteiger partial charge is 0.381 e. The van der Waals surface area contributed by atoms with Gasteiger partial charge in [0, 0.05) is 12.2 Å². The van der Waals surface area contributed by atoms with Crippen molar-refractivity contribution in [2.75, 3.05) is 5.32 Å². The Morgan fingerprint density at radius 3 is 2.80 bits per heavy atom. The minimum absolute atomic E-state index is 0.494. The smallest absolute Gasteiger partial charge is 0.101 e. The number of nitrogens with one attached hydrogen (secondary N) is 1. The number of hydrogen-bond acceptors (Lipinski definition) is 2. The summed E-state index contributed by atoms with van der Waals surface area (Å²) in [7, 11) is 0. The van der Waals surface area contributed by atoms with Gasteiger partial charge in [0.25, 0.3) is 0 Å². The fraction of sp³-hybridized carbons (Fsp3) is 0.235. The molecule has 2 aromatic carbocycles. The second kappa shape index (κ2) is 5.56. The van der Waals surface area contributed by atoms with Gasteiger partial charge in [0.15, 0.2) is 0 Å². The van der Waals surface area contributed by atoms with Gasteiger partial charge in [-0.05, 0) is 48.1 Å². The van der Waals surface area contributed by atoms with E-state index in [1.165, 1.54) is 24.0 Å². The first-order chi connectivity index (χ1) is 9.76. The van der Waals surface area contributed by atoms with Gasteiger partial charge >= 0.3 is 0 Å². The van der Waals surface area contributed by atoms with Gasteiger partial charge in [0.2, 0.25) is 0 Å². The molecule has 100 valence electrons. The van der Waals surface area contributed by atoms with Crippen molar-refractivity contribution < 1.29 is 0 Å². The maximum absolute atomic E-state index is 8.97. The van der Waals surface area contributed by atoms with Gasteiger partial charge in [-0.2, -0.15) is 5.26 Å². The molecule has 1 aliphatic carbocycles. The van der Waals surface area contributed by atoms with Gasteiger partial charge in [-0.15, -0.1) is 0 Å². The molecular formula is C17H15ClN2. The van der Waals surface area contributed by atoms with E-state index in [0.717, 1.165) is 18.2 Å². The summed E-state index contributed by atoms with van der Waals surface area (Å²) in [5.74, 6) is 0.774. The topological polar surface area (TPSA) is 35.8 Å². The lowest BCUT2D eigenvalue weighted by Crippen LogP contribution is -2.00. The molecule has 0 bridgehead atoms. The molecule has 0 aromatic heterocycles. The van der Waals surface area contributed by atoms with Gasteiger partial charge in [-0.25, -0.2) is 0 Å². The SMILES string of the molecule is N#Cc1cc(NCc2cccc(C3CC3)c2)ccc1Cl. The highest BCUT2D eigenvalue weighted by Gasteiger charge is 2.23. The van der Waals surface area contributed by atoms with Crippen LogP contribution in [0.5, 0.6) is 0 Å². The minimum atomic E-state index is 0.494. The quantitative estimate of drug-likeness (QED) is 0.882. The van der Waals surface area contributed by atoms with Crippen LogP contribution in [0, 0.1) is 11.3 Å². The third kappa shape index (κ3) is 2.95. The molecule has 2 nitrogen and oxygen atoms in total. The Labute approximate surface area is 124 Å². The monoisotopic (exact) mass is 282 g/mol. The average Bonchev–Trinajstić information content (AvgIpc) is 3.31. The first-order valence-electron chi connectivity index (χ1n) is 6.78. The van der Waals surface area contributed by atoms with Gasteiger partial charge in [-0.3, -0.25) is 0 Å². The summed E-state index contributed by atoms with van der Waals surface area (Å²) in [6.45, 7) is 0.757. The molecule has 2 aromatic rings. The van der Waals surface area contributed by atoms with Gasteiger partial charge < -0.3 is 5.32 Å². The van der Waals surface area contributed by atoms with Crippen LogP contribution in [0.3, 0.4) is 0 Å². The van der Waals surface area contributed by atoms with Crippen LogP contribution in [0.2, 0.25) is 5.02 Å². The highest BCUT2D eigenvalue weighted by molar-refractivity contribution is 6.31. The van der Waals surface area contributed by atoms with Crippen molar-refractivity contribution in [3.63, 3.8) is 0 Å². The lowest BCUT2D eigenvalue weighted by atomic mass is 10.1. The maximum atomic E-state index is 8.97. The molecule has 1 fully saturated rings. The van der Waals surface area contributed by atoms with Crippen LogP contribution < -0.4 is 5.32 Å². The molecule has 3 rings (SSSR count). The summed E-state index contributed by atoms with van der Waals surface area (Å²) in [6.07, 6.45) is 2.64. The van der Waals surface area contributed by atoms with E-state index in [9.17, 15) is 0 Å². The average molecular weight is 283 g/mol. The highest BCUT2D eigenvalue weighted by Crippen LogP contribution is 2.40. The number of nitriles is 1. The van der Waals surface area contributed by atoms with Crippen molar-refractivity contribution in [2.45, 2.75) is 25.3 Å². The summed E-state index contributed by atoms with van der Waals surface area (Å²) in [5.41, 5.74) is 4.13. The zero-order valence-electron chi connectivity index (χ0n) is 11.1. The Morgan fingerprint density at radius 1 is 1.20 bits per heavy atom. The van der Waals surface area contributed by atoms with E-state index in [4.69, 9.17) is 16.9 Å². The molecule has 1 N–H and O–H groups in total. The van der Waals surface area contributed by atoms with Crippen LogP contribution in [0.15, 0.2) is 42.5 Å². The molecule has 0 spiro atoms. The molecule has 0 radical (unpaired) electrons. The molecule has 0 aliphatic heterocycles. The van der Waals surface area contributed by atoms with Crippen molar-refractivity contribution in [1.29, 1.82) is 5.26 Å². The van der Waals surface area contributed by atoms with Crippen molar-refractivity contribution in [3.05, 3.63) is 64.2 Å². The Morgan fingerprint density at radius 2 is 2.05 bits per heavy atom. The number of anilines is 1. The van der Waals surface area contributed by atoms with E-state index in [2.05, 4.69) is 35.7 Å². The summed E-state index contributed by atoms with van der Waals surface area (Å²) in [5, 5.41) is 12.8. The number of hydrogen-bond donors (Lipinski definition) is 1. The molecule has 20 heavy (non-hydrogen) atoms. The number of nitrogens with zero attached hydrogens (tertiary/aromatic N) is 1. The second-order valence-electron chi connectivity index (χ2n) is 5.18. The zero-order chi connectivity index (χ0) is 13.9. The van der Waals surface area contributed by atoms with Crippen LogP contribution in [0.25, 0.3) is 0 Å². The first-order valence-corrected chi connectivity index (χ1v) is 7.16. The summed E-state index contributed by atoms with van der Waals surface area (Å²) < 4.78 is 0. The fourth-order valence-corrected chi connectivity index (χ4v) is 2.46. The van der Waals surface area contributed by atoms with E-state index >= 15 is 0 Å².